The van der Waals surface area contributed by atoms with Crippen LogP contribution in [0.4, 0.5) is 0 Å². The molecule has 0 aliphatic heterocycles. The SMILES string of the molecule is Cc1[nH]ncc1C(=O)NCc1ccc(C#CCCO)s1. The smallest absolute Gasteiger partial charge is 0.255 e. The van der Waals surface area contributed by atoms with E-state index in [1.807, 2.05) is 19.1 Å². The molecule has 6 heteroatoms. The Kier molecular flexibility index (Phi) is 4.93. The predicted molar refractivity (Wildman–Crippen MR) is 77.4 cm³/mol. The highest BCUT2D eigenvalue weighted by atomic mass is 32.1. The highest BCUT2D eigenvalue weighted by Crippen LogP contribution is 2.15. The first-order chi connectivity index (χ1) is 9.70. The van der Waals surface area contributed by atoms with Crippen LogP contribution in [0.5, 0.6) is 0 Å². The zero-order chi connectivity index (χ0) is 14.4. The number of carbonyl (C=O) groups is 1. The number of aromatic nitrogens is 2. The number of carbonyl (C=O) groups excluding carboxylic acids is 1. The summed E-state index contributed by atoms with van der Waals surface area (Å²) in [5, 5.41) is 18.1. The van der Waals surface area contributed by atoms with Gasteiger partial charge in [-0.2, -0.15) is 5.10 Å². The fraction of sp³-hybridized carbons (Fsp3) is 0.286. The van der Waals surface area contributed by atoms with Gasteiger partial charge in [-0.25, -0.2) is 0 Å². The molecule has 2 rings (SSSR count). The third kappa shape index (κ3) is 3.70. The van der Waals surface area contributed by atoms with E-state index in [-0.39, 0.29) is 12.5 Å². The van der Waals surface area contributed by atoms with Crippen molar-refractivity contribution in [2.45, 2.75) is 19.9 Å². The number of hydrogen-bond donors (Lipinski definition) is 3. The van der Waals surface area contributed by atoms with Gasteiger partial charge in [0.15, 0.2) is 0 Å². The number of H-pyrrole nitrogens is 1. The molecule has 0 fully saturated rings. The lowest BCUT2D eigenvalue weighted by molar-refractivity contribution is 0.0951. The molecule has 0 bridgehead atoms. The number of amides is 1. The summed E-state index contributed by atoms with van der Waals surface area (Å²) in [5.41, 5.74) is 1.31. The fourth-order valence-electron chi connectivity index (χ4n) is 1.59. The standard InChI is InChI=1S/C14H15N3O2S/c1-10-13(9-16-17-10)14(19)15-8-12-6-5-11(20-12)4-2-3-7-18/h5-6,9,18H,3,7-8H2,1H3,(H,15,19)(H,16,17). The van der Waals surface area contributed by atoms with Crippen molar-refractivity contribution in [2.75, 3.05) is 6.61 Å². The van der Waals surface area contributed by atoms with Crippen LogP contribution < -0.4 is 5.32 Å². The number of aromatic amines is 1. The molecule has 5 nitrogen and oxygen atoms in total. The molecule has 0 unspecified atom stereocenters. The van der Waals surface area contributed by atoms with E-state index < -0.39 is 0 Å². The number of aliphatic hydroxyl groups excluding tert-OH is 1. The van der Waals surface area contributed by atoms with Gasteiger partial charge in [-0.15, -0.1) is 11.3 Å². The van der Waals surface area contributed by atoms with Gasteiger partial charge in [-0.05, 0) is 19.1 Å². The van der Waals surface area contributed by atoms with Gasteiger partial charge < -0.3 is 10.4 Å². The van der Waals surface area contributed by atoms with Gasteiger partial charge in [0.1, 0.15) is 0 Å². The lowest BCUT2D eigenvalue weighted by Crippen LogP contribution is -2.22. The van der Waals surface area contributed by atoms with Crippen LogP contribution in [0.1, 0.15) is 32.2 Å². The Balaban J connectivity index is 1.90. The Morgan fingerprint density at radius 3 is 3.10 bits per heavy atom. The van der Waals surface area contributed by atoms with Gasteiger partial charge in [0, 0.05) is 17.0 Å². The normalized spacial score (nSPS) is 9.90. The maximum absolute atomic E-state index is 11.9. The monoisotopic (exact) mass is 289 g/mol. The minimum Gasteiger partial charge on any atom is -0.395 e. The van der Waals surface area contributed by atoms with Crippen molar-refractivity contribution in [1.82, 2.24) is 15.5 Å². The van der Waals surface area contributed by atoms with Gasteiger partial charge in [-0.1, -0.05) is 11.8 Å². The van der Waals surface area contributed by atoms with Gasteiger partial charge in [0.25, 0.3) is 5.91 Å². The van der Waals surface area contributed by atoms with Crippen LogP contribution in [-0.2, 0) is 6.54 Å². The number of aliphatic hydroxyl groups is 1. The van der Waals surface area contributed by atoms with Crippen LogP contribution in [0.3, 0.4) is 0 Å². The maximum Gasteiger partial charge on any atom is 0.255 e. The molecule has 1 amide bonds. The van der Waals surface area contributed by atoms with E-state index in [0.717, 1.165) is 15.4 Å². The molecule has 0 saturated carbocycles. The van der Waals surface area contributed by atoms with Gasteiger partial charge >= 0.3 is 0 Å². The zero-order valence-electron chi connectivity index (χ0n) is 11.1. The van der Waals surface area contributed by atoms with E-state index in [4.69, 9.17) is 5.11 Å². The molecule has 0 aliphatic carbocycles. The lowest BCUT2D eigenvalue weighted by atomic mass is 10.2. The molecule has 0 aromatic carbocycles. The molecule has 2 heterocycles. The quantitative estimate of drug-likeness (QED) is 0.745. The van der Waals surface area contributed by atoms with Crippen molar-refractivity contribution in [1.29, 1.82) is 0 Å². The molecule has 0 spiro atoms. The Morgan fingerprint density at radius 1 is 1.55 bits per heavy atom. The number of rotatable bonds is 4. The fourth-order valence-corrected chi connectivity index (χ4v) is 2.41. The Labute approximate surface area is 121 Å². The summed E-state index contributed by atoms with van der Waals surface area (Å²) in [7, 11) is 0. The number of nitrogens with one attached hydrogen (secondary N) is 2. The second-order valence-corrected chi connectivity index (χ2v) is 5.30. The average Bonchev–Trinajstić information content (AvgIpc) is 3.05. The second-order valence-electron chi connectivity index (χ2n) is 4.13. The molecule has 0 atom stereocenters. The largest absolute Gasteiger partial charge is 0.395 e. The first-order valence-electron chi connectivity index (χ1n) is 6.17. The summed E-state index contributed by atoms with van der Waals surface area (Å²) in [5.74, 6) is 5.70. The molecule has 0 aliphatic rings. The number of nitrogens with zero attached hydrogens (tertiary/aromatic N) is 1. The van der Waals surface area contributed by atoms with Crippen LogP contribution in [0.15, 0.2) is 18.3 Å². The maximum atomic E-state index is 11.9. The van der Waals surface area contributed by atoms with Gasteiger partial charge in [-0.3, -0.25) is 9.89 Å². The summed E-state index contributed by atoms with van der Waals surface area (Å²) in [6.07, 6.45) is 1.99. The van der Waals surface area contributed by atoms with Crippen molar-refractivity contribution in [2.24, 2.45) is 0 Å². The second kappa shape index (κ2) is 6.89. The first kappa shape index (κ1) is 14.3. The van der Waals surface area contributed by atoms with Crippen molar-refractivity contribution in [3.8, 4) is 11.8 Å². The molecule has 0 saturated heterocycles. The summed E-state index contributed by atoms with van der Waals surface area (Å²) < 4.78 is 0. The van der Waals surface area contributed by atoms with Crippen LogP contribution >= 0.6 is 11.3 Å². The minimum atomic E-state index is -0.141. The molecule has 0 radical (unpaired) electrons. The number of hydrogen-bond acceptors (Lipinski definition) is 4. The Bertz CT molecular complexity index is 649. The van der Waals surface area contributed by atoms with E-state index in [0.29, 0.717) is 18.5 Å². The molecule has 20 heavy (non-hydrogen) atoms. The Hall–Kier alpha value is -2.10. The topological polar surface area (TPSA) is 78.0 Å². The van der Waals surface area contributed by atoms with Crippen molar-refractivity contribution in [3.63, 3.8) is 0 Å². The molecule has 3 N–H and O–H groups in total. The van der Waals surface area contributed by atoms with Crippen LogP contribution in [0.2, 0.25) is 0 Å². The zero-order valence-corrected chi connectivity index (χ0v) is 11.9. The van der Waals surface area contributed by atoms with Crippen LogP contribution in [-0.4, -0.2) is 27.8 Å². The van der Waals surface area contributed by atoms with E-state index in [1.165, 1.54) is 17.5 Å². The van der Waals surface area contributed by atoms with Crippen LogP contribution in [0.25, 0.3) is 0 Å². The molecular weight excluding hydrogens is 274 g/mol. The lowest BCUT2D eigenvalue weighted by Gasteiger charge is -2.01. The molecule has 104 valence electrons. The van der Waals surface area contributed by atoms with E-state index >= 15 is 0 Å². The summed E-state index contributed by atoms with van der Waals surface area (Å²) in [4.78, 5) is 13.9. The Morgan fingerprint density at radius 2 is 2.40 bits per heavy atom. The molecule has 2 aromatic rings. The van der Waals surface area contributed by atoms with Crippen molar-refractivity contribution in [3.05, 3.63) is 39.3 Å². The summed E-state index contributed by atoms with van der Waals surface area (Å²) >= 11 is 1.53. The number of thiophene rings is 1. The van der Waals surface area contributed by atoms with Crippen LogP contribution in [0, 0.1) is 18.8 Å². The molecular formula is C14H15N3O2S. The minimum absolute atomic E-state index is 0.0747. The predicted octanol–water partition coefficient (Wildman–Crippen LogP) is 1.44. The average molecular weight is 289 g/mol. The summed E-state index contributed by atoms with van der Waals surface area (Å²) in [6.45, 7) is 2.35. The van der Waals surface area contributed by atoms with Gasteiger partial charge in [0.2, 0.25) is 0 Å². The van der Waals surface area contributed by atoms with E-state index in [2.05, 4.69) is 27.4 Å². The molecule has 2 aromatic heterocycles. The van der Waals surface area contributed by atoms with Gasteiger partial charge in [0.05, 0.1) is 29.8 Å². The third-order valence-corrected chi connectivity index (χ3v) is 3.61. The number of aryl methyl sites for hydroxylation is 1. The third-order valence-electron chi connectivity index (χ3n) is 2.61. The van der Waals surface area contributed by atoms with Crippen molar-refractivity contribution >= 4 is 17.2 Å². The highest BCUT2D eigenvalue weighted by molar-refractivity contribution is 7.12. The van der Waals surface area contributed by atoms with E-state index in [9.17, 15) is 4.79 Å². The first-order valence-corrected chi connectivity index (χ1v) is 6.99. The highest BCUT2D eigenvalue weighted by Gasteiger charge is 2.10. The van der Waals surface area contributed by atoms with Crippen molar-refractivity contribution < 1.29 is 9.90 Å². The summed E-state index contributed by atoms with van der Waals surface area (Å²) in [6, 6.07) is 3.86. The van der Waals surface area contributed by atoms with E-state index in [1.54, 1.807) is 0 Å².